The van der Waals surface area contributed by atoms with Gasteiger partial charge in [0, 0.05) is 30.4 Å². The van der Waals surface area contributed by atoms with Gasteiger partial charge in [0.15, 0.2) is 0 Å². The van der Waals surface area contributed by atoms with Crippen LogP contribution in [-0.2, 0) is 9.53 Å². The largest absolute Gasteiger partial charge is 0.471 e. The molecule has 2 heterocycles. The minimum absolute atomic E-state index is 0.0177. The summed E-state index contributed by atoms with van der Waals surface area (Å²) in [6.07, 6.45) is -6.57. The van der Waals surface area contributed by atoms with Crippen LogP contribution in [0.25, 0.3) is 0 Å². The molecule has 3 unspecified atom stereocenters. The Morgan fingerprint density at radius 1 is 1.54 bits per heavy atom. The fourth-order valence-corrected chi connectivity index (χ4v) is 2.27. The first-order valence-corrected chi connectivity index (χ1v) is 6.92. The van der Waals surface area contributed by atoms with Crippen LogP contribution in [-0.4, -0.2) is 64.8 Å². The number of aliphatic hydroxyl groups excluding tert-OH is 2. The SMILES string of the molecule is C=C1NC(=O)N(C2CC(O)C(CO)O2)C=C1CNC(=O)C(F)(F)F. The van der Waals surface area contributed by atoms with E-state index in [1.807, 2.05) is 0 Å². The van der Waals surface area contributed by atoms with E-state index in [0.717, 1.165) is 4.90 Å². The maximum Gasteiger partial charge on any atom is 0.471 e. The lowest BCUT2D eigenvalue weighted by Crippen LogP contribution is -2.47. The summed E-state index contributed by atoms with van der Waals surface area (Å²) in [7, 11) is 0. The van der Waals surface area contributed by atoms with Crippen molar-refractivity contribution in [2.24, 2.45) is 0 Å². The molecule has 0 aromatic heterocycles. The van der Waals surface area contributed by atoms with Gasteiger partial charge in [0.1, 0.15) is 12.3 Å². The molecule has 0 aliphatic carbocycles. The number of nitrogens with one attached hydrogen (secondary N) is 2. The van der Waals surface area contributed by atoms with E-state index in [1.54, 1.807) is 5.32 Å². The van der Waals surface area contributed by atoms with E-state index in [-0.39, 0.29) is 17.7 Å². The van der Waals surface area contributed by atoms with Gasteiger partial charge in [-0.1, -0.05) is 6.58 Å². The van der Waals surface area contributed by atoms with Crippen molar-refractivity contribution in [3.8, 4) is 0 Å². The third kappa shape index (κ3) is 3.86. The molecule has 3 amide bonds. The number of amides is 3. The van der Waals surface area contributed by atoms with Crippen molar-refractivity contribution < 1.29 is 37.7 Å². The Morgan fingerprint density at radius 2 is 2.21 bits per heavy atom. The number of aliphatic hydroxyl groups is 2. The van der Waals surface area contributed by atoms with Crippen LogP contribution >= 0.6 is 0 Å². The van der Waals surface area contributed by atoms with Gasteiger partial charge in [-0.05, 0) is 0 Å². The van der Waals surface area contributed by atoms with E-state index in [9.17, 15) is 27.9 Å². The normalized spacial score (nSPS) is 27.8. The van der Waals surface area contributed by atoms with E-state index >= 15 is 0 Å². The maximum absolute atomic E-state index is 12.2. The Balaban J connectivity index is 2.09. The number of rotatable bonds is 4. The number of hydrogen-bond donors (Lipinski definition) is 4. The number of alkyl halides is 3. The number of ether oxygens (including phenoxy) is 1. The van der Waals surface area contributed by atoms with Gasteiger partial charge in [0.2, 0.25) is 0 Å². The monoisotopic (exact) mass is 351 g/mol. The average Bonchev–Trinajstić information content (AvgIpc) is 2.85. The van der Waals surface area contributed by atoms with E-state index in [0.29, 0.717) is 0 Å². The zero-order chi connectivity index (χ0) is 18.1. The van der Waals surface area contributed by atoms with Crippen molar-refractivity contribution in [3.05, 3.63) is 24.0 Å². The highest BCUT2D eigenvalue weighted by Crippen LogP contribution is 2.26. The number of halogens is 3. The molecule has 24 heavy (non-hydrogen) atoms. The first-order valence-electron chi connectivity index (χ1n) is 6.92. The van der Waals surface area contributed by atoms with Gasteiger partial charge in [0.05, 0.1) is 12.7 Å². The molecule has 11 heteroatoms. The lowest BCUT2D eigenvalue weighted by atomic mass is 10.1. The Morgan fingerprint density at radius 3 is 2.75 bits per heavy atom. The molecule has 0 aromatic carbocycles. The summed E-state index contributed by atoms with van der Waals surface area (Å²) < 4.78 is 41.9. The lowest BCUT2D eigenvalue weighted by Gasteiger charge is -2.31. The number of urea groups is 1. The molecule has 1 fully saturated rings. The van der Waals surface area contributed by atoms with Gasteiger partial charge in [0.25, 0.3) is 0 Å². The zero-order valence-corrected chi connectivity index (χ0v) is 12.3. The minimum atomic E-state index is -5.02. The van der Waals surface area contributed by atoms with Crippen molar-refractivity contribution in [2.75, 3.05) is 13.2 Å². The quantitative estimate of drug-likeness (QED) is 0.549. The second-order valence-electron chi connectivity index (χ2n) is 5.27. The molecule has 3 atom stereocenters. The third-order valence-electron chi connectivity index (χ3n) is 3.57. The van der Waals surface area contributed by atoms with Crippen LogP contribution in [0.4, 0.5) is 18.0 Å². The van der Waals surface area contributed by atoms with E-state index in [1.165, 1.54) is 6.20 Å². The predicted molar refractivity (Wildman–Crippen MR) is 73.0 cm³/mol. The van der Waals surface area contributed by atoms with Gasteiger partial charge in [-0.15, -0.1) is 0 Å². The lowest BCUT2D eigenvalue weighted by molar-refractivity contribution is -0.173. The smallest absolute Gasteiger partial charge is 0.394 e. The molecule has 0 spiro atoms. The summed E-state index contributed by atoms with van der Waals surface area (Å²) in [4.78, 5) is 23.8. The van der Waals surface area contributed by atoms with Crippen molar-refractivity contribution in [3.63, 3.8) is 0 Å². The molecule has 0 saturated carbocycles. The molecule has 8 nitrogen and oxygen atoms in total. The van der Waals surface area contributed by atoms with Gasteiger partial charge in [-0.2, -0.15) is 13.2 Å². The molecule has 0 radical (unpaired) electrons. The fraction of sp³-hybridized carbons (Fsp3) is 0.538. The van der Waals surface area contributed by atoms with Crippen LogP contribution in [0.3, 0.4) is 0 Å². The fourth-order valence-electron chi connectivity index (χ4n) is 2.27. The number of hydrogen-bond acceptors (Lipinski definition) is 5. The molecule has 4 N–H and O–H groups in total. The zero-order valence-electron chi connectivity index (χ0n) is 12.3. The van der Waals surface area contributed by atoms with Crippen molar-refractivity contribution in [2.45, 2.75) is 31.0 Å². The van der Waals surface area contributed by atoms with Crippen LogP contribution in [0, 0.1) is 0 Å². The molecular formula is C13H16F3N3O5. The molecule has 0 aromatic rings. The Kier molecular flexibility index (Phi) is 5.16. The second kappa shape index (κ2) is 6.79. The van der Waals surface area contributed by atoms with Crippen LogP contribution in [0.5, 0.6) is 0 Å². The van der Waals surface area contributed by atoms with E-state index < -0.39 is 49.7 Å². The summed E-state index contributed by atoms with van der Waals surface area (Å²) in [6, 6.07) is -0.651. The summed E-state index contributed by atoms with van der Waals surface area (Å²) in [5.41, 5.74) is 0.175. The first-order chi connectivity index (χ1) is 11.1. The third-order valence-corrected chi connectivity index (χ3v) is 3.57. The van der Waals surface area contributed by atoms with Gasteiger partial charge in [-0.3, -0.25) is 9.69 Å². The molecule has 2 aliphatic heterocycles. The van der Waals surface area contributed by atoms with Crippen molar-refractivity contribution in [1.29, 1.82) is 0 Å². The summed E-state index contributed by atoms with van der Waals surface area (Å²) in [5, 5.41) is 22.8. The van der Waals surface area contributed by atoms with E-state index in [4.69, 9.17) is 9.84 Å². The molecule has 0 bridgehead atoms. The van der Waals surface area contributed by atoms with E-state index in [2.05, 4.69) is 11.9 Å². The number of nitrogens with zero attached hydrogens (tertiary/aromatic N) is 1. The number of carbonyl (C=O) groups is 2. The Bertz CT molecular complexity index is 578. The van der Waals surface area contributed by atoms with Gasteiger partial charge >= 0.3 is 18.1 Å². The topological polar surface area (TPSA) is 111 Å². The first kappa shape index (κ1) is 18.2. The minimum Gasteiger partial charge on any atom is -0.394 e. The summed E-state index contributed by atoms with van der Waals surface area (Å²) >= 11 is 0. The molecule has 1 saturated heterocycles. The Hall–Kier alpha value is -2.11. The predicted octanol–water partition coefficient (Wildman–Crippen LogP) is -0.444. The van der Waals surface area contributed by atoms with Crippen molar-refractivity contribution in [1.82, 2.24) is 15.5 Å². The van der Waals surface area contributed by atoms with Crippen LogP contribution in [0.1, 0.15) is 6.42 Å². The number of carbonyl (C=O) groups excluding carboxylic acids is 2. The molecule has 134 valence electrons. The maximum atomic E-state index is 12.2. The van der Waals surface area contributed by atoms with Crippen LogP contribution in [0.15, 0.2) is 24.0 Å². The molecule has 2 rings (SSSR count). The highest BCUT2D eigenvalue weighted by Gasteiger charge is 2.41. The van der Waals surface area contributed by atoms with Crippen LogP contribution in [0.2, 0.25) is 0 Å². The Labute approximate surface area is 134 Å². The van der Waals surface area contributed by atoms with Gasteiger partial charge < -0.3 is 25.6 Å². The summed E-state index contributed by atoms with van der Waals surface area (Å²) in [6.45, 7) is 2.55. The molecular weight excluding hydrogens is 335 g/mol. The van der Waals surface area contributed by atoms with Crippen molar-refractivity contribution >= 4 is 11.9 Å². The van der Waals surface area contributed by atoms with Crippen LogP contribution < -0.4 is 10.6 Å². The highest BCUT2D eigenvalue weighted by molar-refractivity contribution is 5.83. The molecule has 2 aliphatic rings. The highest BCUT2D eigenvalue weighted by atomic mass is 19.4. The second-order valence-corrected chi connectivity index (χ2v) is 5.27. The standard InChI is InChI=1S/C13H16F3N3O5/c1-6-7(3-17-11(22)13(14,15)16)4-19(12(23)18-6)10-2-8(21)9(5-20)24-10/h4,8-10,20-21H,1-3,5H2,(H,17,22)(H,18,23). The van der Waals surface area contributed by atoms with Gasteiger partial charge in [-0.25, -0.2) is 4.79 Å². The average molecular weight is 351 g/mol. The summed E-state index contributed by atoms with van der Waals surface area (Å²) in [5.74, 6) is -2.12.